The van der Waals surface area contributed by atoms with Gasteiger partial charge in [-0.1, -0.05) is 54.6 Å². The Bertz CT molecular complexity index is 538. The quantitative estimate of drug-likeness (QED) is 0.906. The summed E-state index contributed by atoms with van der Waals surface area (Å²) in [6, 6.07) is 19.9. The Labute approximate surface area is 114 Å². The third kappa shape index (κ3) is 2.55. The Morgan fingerprint density at radius 1 is 1.05 bits per heavy atom. The number of ether oxygens (including phenoxy) is 1. The zero-order valence-electron chi connectivity index (χ0n) is 11.2. The highest BCUT2D eigenvalue weighted by Gasteiger charge is 2.26. The van der Waals surface area contributed by atoms with Gasteiger partial charge >= 0.3 is 0 Å². The number of rotatable bonds is 3. The summed E-state index contributed by atoms with van der Waals surface area (Å²) in [7, 11) is 1.76. The summed E-state index contributed by atoms with van der Waals surface area (Å²) in [5.74, 6) is 0. The fourth-order valence-corrected chi connectivity index (χ4v) is 2.88. The van der Waals surface area contributed by atoms with Crippen molar-refractivity contribution in [2.45, 2.75) is 18.5 Å². The Morgan fingerprint density at radius 2 is 1.79 bits per heavy atom. The molecule has 0 aromatic heterocycles. The highest BCUT2D eigenvalue weighted by atomic mass is 16.5. The molecule has 0 unspecified atom stereocenters. The monoisotopic (exact) mass is 253 g/mol. The van der Waals surface area contributed by atoms with Crippen LogP contribution in [0.2, 0.25) is 0 Å². The van der Waals surface area contributed by atoms with Gasteiger partial charge in [-0.2, -0.15) is 0 Å². The highest BCUT2D eigenvalue weighted by molar-refractivity contribution is 5.36. The maximum atomic E-state index is 5.36. The first-order valence-corrected chi connectivity index (χ1v) is 6.76. The molecule has 98 valence electrons. The van der Waals surface area contributed by atoms with Gasteiger partial charge in [0, 0.05) is 13.2 Å². The lowest BCUT2D eigenvalue weighted by Gasteiger charge is -2.33. The molecule has 1 aliphatic heterocycles. The van der Waals surface area contributed by atoms with E-state index in [1.165, 1.54) is 16.7 Å². The topological polar surface area (TPSA) is 21.3 Å². The molecule has 1 aliphatic rings. The van der Waals surface area contributed by atoms with Crippen molar-refractivity contribution in [1.29, 1.82) is 0 Å². The fourth-order valence-electron chi connectivity index (χ4n) is 2.88. The zero-order valence-corrected chi connectivity index (χ0v) is 11.2. The van der Waals surface area contributed by atoms with Crippen LogP contribution in [0.3, 0.4) is 0 Å². The minimum absolute atomic E-state index is 0.278. The molecule has 19 heavy (non-hydrogen) atoms. The van der Waals surface area contributed by atoms with Crippen molar-refractivity contribution >= 4 is 0 Å². The van der Waals surface area contributed by atoms with Crippen molar-refractivity contribution in [2.24, 2.45) is 0 Å². The summed E-state index contributed by atoms with van der Waals surface area (Å²) >= 11 is 0. The normalized spacial score (nSPS) is 21.9. The lowest BCUT2D eigenvalue weighted by atomic mass is 9.87. The molecule has 0 bridgehead atoms. The number of methoxy groups -OCH3 is 1. The van der Waals surface area contributed by atoms with E-state index >= 15 is 0 Å². The minimum Gasteiger partial charge on any atom is -0.383 e. The zero-order chi connectivity index (χ0) is 13.1. The third-order valence-corrected chi connectivity index (χ3v) is 3.79. The van der Waals surface area contributed by atoms with E-state index in [9.17, 15) is 0 Å². The summed E-state index contributed by atoms with van der Waals surface area (Å²) < 4.78 is 5.36. The van der Waals surface area contributed by atoms with E-state index < -0.39 is 0 Å². The number of benzene rings is 2. The Kier molecular flexibility index (Phi) is 3.62. The van der Waals surface area contributed by atoms with Crippen LogP contribution in [0.25, 0.3) is 0 Å². The van der Waals surface area contributed by atoms with Crippen molar-refractivity contribution in [3.63, 3.8) is 0 Å². The van der Waals surface area contributed by atoms with E-state index in [0.717, 1.165) is 6.42 Å². The van der Waals surface area contributed by atoms with Gasteiger partial charge in [-0.05, 0) is 23.1 Å². The molecule has 0 amide bonds. The van der Waals surface area contributed by atoms with Gasteiger partial charge in [-0.25, -0.2) is 0 Å². The van der Waals surface area contributed by atoms with Crippen molar-refractivity contribution in [3.8, 4) is 0 Å². The SMILES string of the molecule is COC[C@H]1N[C@H](c2ccccc2)Cc2ccccc21. The smallest absolute Gasteiger partial charge is 0.0657 e. The molecule has 2 aromatic rings. The van der Waals surface area contributed by atoms with Crippen LogP contribution < -0.4 is 5.32 Å². The van der Waals surface area contributed by atoms with E-state index in [1.807, 2.05) is 0 Å². The molecule has 0 aliphatic carbocycles. The number of nitrogens with one attached hydrogen (secondary N) is 1. The van der Waals surface area contributed by atoms with E-state index in [-0.39, 0.29) is 6.04 Å². The van der Waals surface area contributed by atoms with E-state index in [4.69, 9.17) is 4.74 Å². The molecule has 0 saturated heterocycles. The van der Waals surface area contributed by atoms with E-state index in [0.29, 0.717) is 12.6 Å². The molecule has 2 atom stereocenters. The van der Waals surface area contributed by atoms with E-state index in [2.05, 4.69) is 59.9 Å². The average molecular weight is 253 g/mol. The van der Waals surface area contributed by atoms with Crippen LogP contribution in [-0.2, 0) is 11.2 Å². The summed E-state index contributed by atoms with van der Waals surface area (Å²) in [5, 5.41) is 3.70. The fraction of sp³-hybridized carbons (Fsp3) is 0.294. The molecule has 0 spiro atoms. The molecule has 3 rings (SSSR count). The number of hydrogen-bond acceptors (Lipinski definition) is 2. The van der Waals surface area contributed by atoms with Crippen LogP contribution in [0.4, 0.5) is 0 Å². The van der Waals surface area contributed by atoms with Crippen LogP contribution >= 0.6 is 0 Å². The van der Waals surface area contributed by atoms with Crippen molar-refractivity contribution in [3.05, 3.63) is 71.3 Å². The van der Waals surface area contributed by atoms with E-state index in [1.54, 1.807) is 7.11 Å². The lowest BCUT2D eigenvalue weighted by Crippen LogP contribution is -2.35. The molecule has 2 nitrogen and oxygen atoms in total. The number of hydrogen-bond donors (Lipinski definition) is 1. The second-order valence-corrected chi connectivity index (χ2v) is 5.04. The van der Waals surface area contributed by atoms with Gasteiger partial charge in [0.1, 0.15) is 0 Å². The van der Waals surface area contributed by atoms with Gasteiger partial charge in [-0.15, -0.1) is 0 Å². The summed E-state index contributed by atoms with van der Waals surface area (Å²) in [6.45, 7) is 0.709. The standard InChI is InChI=1S/C17H19NO/c1-19-12-17-15-10-6-5-9-14(15)11-16(18-17)13-7-3-2-4-8-13/h2-10,16-18H,11-12H2,1H3/t16-,17+/m0/s1. The van der Waals surface area contributed by atoms with Crippen LogP contribution in [0.15, 0.2) is 54.6 Å². The predicted octanol–water partition coefficient (Wildman–Crippen LogP) is 3.26. The van der Waals surface area contributed by atoms with Gasteiger partial charge in [0.25, 0.3) is 0 Å². The Balaban J connectivity index is 1.92. The van der Waals surface area contributed by atoms with Crippen molar-refractivity contribution in [1.82, 2.24) is 5.32 Å². The van der Waals surface area contributed by atoms with Crippen molar-refractivity contribution in [2.75, 3.05) is 13.7 Å². The average Bonchev–Trinajstić information content (AvgIpc) is 2.48. The highest BCUT2D eigenvalue weighted by Crippen LogP contribution is 2.31. The molecular formula is C17H19NO. The van der Waals surface area contributed by atoms with Gasteiger partial charge in [-0.3, -0.25) is 0 Å². The molecule has 0 radical (unpaired) electrons. The molecule has 0 fully saturated rings. The van der Waals surface area contributed by atoms with Gasteiger partial charge in [0.2, 0.25) is 0 Å². The van der Waals surface area contributed by atoms with Crippen LogP contribution in [0.1, 0.15) is 28.8 Å². The summed E-state index contributed by atoms with van der Waals surface area (Å²) in [6.07, 6.45) is 1.04. The molecule has 1 heterocycles. The summed E-state index contributed by atoms with van der Waals surface area (Å²) in [4.78, 5) is 0. The first-order chi connectivity index (χ1) is 9.38. The first kappa shape index (κ1) is 12.4. The van der Waals surface area contributed by atoms with Gasteiger partial charge in [0.05, 0.1) is 12.6 Å². The maximum Gasteiger partial charge on any atom is 0.0657 e. The minimum atomic E-state index is 0.278. The van der Waals surface area contributed by atoms with Crippen LogP contribution in [0.5, 0.6) is 0 Å². The van der Waals surface area contributed by atoms with Crippen LogP contribution in [0, 0.1) is 0 Å². The molecule has 2 heteroatoms. The summed E-state index contributed by atoms with van der Waals surface area (Å²) in [5.41, 5.74) is 4.15. The second kappa shape index (κ2) is 5.55. The lowest BCUT2D eigenvalue weighted by molar-refractivity contribution is 0.156. The molecule has 1 N–H and O–H groups in total. The number of fused-ring (bicyclic) bond motifs is 1. The molecule has 0 saturated carbocycles. The molecule has 2 aromatic carbocycles. The third-order valence-electron chi connectivity index (χ3n) is 3.79. The second-order valence-electron chi connectivity index (χ2n) is 5.04. The maximum absolute atomic E-state index is 5.36. The largest absolute Gasteiger partial charge is 0.383 e. The van der Waals surface area contributed by atoms with Gasteiger partial charge < -0.3 is 10.1 Å². The Hall–Kier alpha value is -1.64. The van der Waals surface area contributed by atoms with Crippen LogP contribution in [-0.4, -0.2) is 13.7 Å². The Morgan fingerprint density at radius 3 is 2.58 bits per heavy atom. The first-order valence-electron chi connectivity index (χ1n) is 6.76. The van der Waals surface area contributed by atoms with Crippen molar-refractivity contribution < 1.29 is 4.74 Å². The van der Waals surface area contributed by atoms with Gasteiger partial charge in [0.15, 0.2) is 0 Å². The molecular weight excluding hydrogens is 234 g/mol. The predicted molar refractivity (Wildman–Crippen MR) is 77.1 cm³/mol.